The maximum Gasteiger partial charge on any atom is 0.320 e. The van der Waals surface area contributed by atoms with E-state index in [1.807, 2.05) is 19.9 Å². The monoisotopic (exact) mass is 297 g/mol. The zero-order valence-electron chi connectivity index (χ0n) is 9.99. The third-order valence-corrected chi connectivity index (χ3v) is 3.09. The molecular weight excluding hydrogens is 290 g/mol. The topological polar surface area (TPSA) is 94.7 Å². The summed E-state index contributed by atoms with van der Waals surface area (Å²) in [4.78, 5) is 26.1. The highest BCUT2D eigenvalue weighted by atomic mass is 35.5. The molecule has 0 saturated heterocycles. The van der Waals surface area contributed by atoms with E-state index < -0.39 is 4.92 Å². The molecule has 2 rings (SSSR count). The van der Waals surface area contributed by atoms with Crippen LogP contribution in [0.5, 0.6) is 0 Å². The van der Waals surface area contributed by atoms with Crippen molar-refractivity contribution >= 4 is 29.1 Å². The van der Waals surface area contributed by atoms with Crippen LogP contribution in [0.25, 0.3) is 0 Å². The molecule has 0 N–H and O–H groups in total. The van der Waals surface area contributed by atoms with Crippen molar-refractivity contribution in [1.29, 1.82) is 0 Å². The van der Waals surface area contributed by atoms with Gasteiger partial charge in [-0.15, -0.1) is 0 Å². The predicted molar refractivity (Wildman–Crippen MR) is 69.3 cm³/mol. The summed E-state index contributed by atoms with van der Waals surface area (Å²) < 4.78 is 0. The fraction of sp³-hybridized carbons (Fsp3) is 0.200. The van der Waals surface area contributed by atoms with Gasteiger partial charge >= 0.3 is 5.69 Å². The van der Waals surface area contributed by atoms with Crippen LogP contribution in [0.4, 0.5) is 5.69 Å². The molecule has 0 saturated carbocycles. The van der Waals surface area contributed by atoms with Crippen molar-refractivity contribution in [3.63, 3.8) is 0 Å². The minimum atomic E-state index is -0.568. The highest BCUT2D eigenvalue weighted by Crippen LogP contribution is 2.31. The van der Waals surface area contributed by atoms with Gasteiger partial charge in [0.15, 0.2) is 10.2 Å². The van der Waals surface area contributed by atoms with Gasteiger partial charge in [0.05, 0.1) is 4.92 Å². The first kappa shape index (κ1) is 13.6. The molecule has 0 aliphatic rings. The van der Waals surface area contributed by atoms with E-state index in [2.05, 4.69) is 19.9 Å². The van der Waals surface area contributed by atoms with Gasteiger partial charge in [0, 0.05) is 11.4 Å². The average Bonchev–Trinajstić information content (AvgIpc) is 2.26. The first-order valence-corrected chi connectivity index (χ1v) is 6.32. The molecule has 2 aromatic heterocycles. The summed E-state index contributed by atoms with van der Waals surface area (Å²) in [7, 11) is 0. The zero-order valence-corrected chi connectivity index (χ0v) is 11.6. The van der Waals surface area contributed by atoms with Crippen LogP contribution in [0.2, 0.25) is 5.28 Å². The van der Waals surface area contributed by atoms with E-state index in [0.29, 0.717) is 5.16 Å². The molecule has 98 valence electrons. The molecule has 0 radical (unpaired) electrons. The second-order valence-electron chi connectivity index (χ2n) is 3.62. The summed E-state index contributed by atoms with van der Waals surface area (Å²) in [5, 5.41) is 11.3. The Bertz CT molecular complexity index is 632. The van der Waals surface area contributed by atoms with Crippen LogP contribution in [-0.4, -0.2) is 24.9 Å². The number of nitro groups is 1. The Kier molecular flexibility index (Phi) is 3.91. The highest BCUT2D eigenvalue weighted by Gasteiger charge is 2.19. The number of rotatable bonds is 3. The van der Waals surface area contributed by atoms with Gasteiger partial charge in [-0.05, 0) is 43.3 Å². The van der Waals surface area contributed by atoms with E-state index in [4.69, 9.17) is 11.6 Å². The van der Waals surface area contributed by atoms with Gasteiger partial charge in [0.1, 0.15) is 6.20 Å². The Morgan fingerprint density at radius 2 is 1.89 bits per heavy atom. The Morgan fingerprint density at radius 1 is 1.26 bits per heavy atom. The third kappa shape index (κ3) is 3.36. The molecule has 0 aliphatic heterocycles. The van der Waals surface area contributed by atoms with Crippen molar-refractivity contribution < 1.29 is 4.92 Å². The minimum absolute atomic E-state index is 0.0579. The van der Waals surface area contributed by atoms with Crippen LogP contribution in [-0.2, 0) is 0 Å². The number of halogens is 1. The number of aromatic nitrogens is 4. The first-order valence-electron chi connectivity index (χ1n) is 5.13. The normalized spacial score (nSPS) is 10.5. The summed E-state index contributed by atoms with van der Waals surface area (Å²) in [5.41, 5.74) is 1.33. The van der Waals surface area contributed by atoms with Gasteiger partial charge in [-0.2, -0.15) is 0 Å². The van der Waals surface area contributed by atoms with Gasteiger partial charge in [-0.25, -0.2) is 19.9 Å². The summed E-state index contributed by atoms with van der Waals surface area (Å²) >= 11 is 6.64. The molecular formula is C10H8ClN5O2S. The largest absolute Gasteiger partial charge is 0.320 e. The van der Waals surface area contributed by atoms with Crippen molar-refractivity contribution in [1.82, 2.24) is 19.9 Å². The van der Waals surface area contributed by atoms with Crippen LogP contribution in [0.1, 0.15) is 11.4 Å². The Labute approximate surface area is 117 Å². The molecule has 0 bridgehead atoms. The molecule has 0 fully saturated rings. The molecule has 19 heavy (non-hydrogen) atoms. The van der Waals surface area contributed by atoms with E-state index in [9.17, 15) is 10.1 Å². The van der Waals surface area contributed by atoms with Crippen LogP contribution in [0.15, 0.2) is 22.4 Å². The molecule has 2 heterocycles. The number of hydrogen-bond acceptors (Lipinski definition) is 7. The molecule has 0 atom stereocenters. The lowest BCUT2D eigenvalue weighted by Gasteiger charge is -2.03. The fourth-order valence-corrected chi connectivity index (χ4v) is 2.47. The second-order valence-corrected chi connectivity index (χ2v) is 4.92. The van der Waals surface area contributed by atoms with Gasteiger partial charge in [0.25, 0.3) is 0 Å². The molecule has 0 aliphatic carbocycles. The molecule has 9 heteroatoms. The lowest BCUT2D eigenvalue weighted by atomic mass is 10.4. The minimum Gasteiger partial charge on any atom is -0.258 e. The maximum absolute atomic E-state index is 10.9. The van der Waals surface area contributed by atoms with Crippen molar-refractivity contribution in [3.05, 3.63) is 39.0 Å². The average molecular weight is 298 g/mol. The quantitative estimate of drug-likeness (QED) is 0.372. The van der Waals surface area contributed by atoms with Gasteiger partial charge in [-0.1, -0.05) is 0 Å². The predicted octanol–water partition coefficient (Wildman–Crippen LogP) is 2.60. The summed E-state index contributed by atoms with van der Waals surface area (Å²) in [6.45, 7) is 3.64. The number of hydrogen-bond donors (Lipinski definition) is 0. The van der Waals surface area contributed by atoms with Crippen molar-refractivity contribution in [2.24, 2.45) is 0 Å². The molecule has 7 nitrogen and oxygen atoms in total. The maximum atomic E-state index is 10.9. The van der Waals surface area contributed by atoms with Crippen LogP contribution < -0.4 is 0 Å². The molecule has 2 aromatic rings. The third-order valence-electron chi connectivity index (χ3n) is 2.05. The van der Waals surface area contributed by atoms with E-state index in [1.54, 1.807) is 0 Å². The second kappa shape index (κ2) is 5.45. The Morgan fingerprint density at radius 3 is 2.47 bits per heavy atom. The van der Waals surface area contributed by atoms with E-state index in [-0.39, 0.29) is 16.0 Å². The van der Waals surface area contributed by atoms with Crippen LogP contribution >= 0.6 is 23.4 Å². The first-order chi connectivity index (χ1) is 8.95. The summed E-state index contributed by atoms with van der Waals surface area (Å²) in [6.07, 6.45) is 1.07. The molecule has 0 amide bonds. The SMILES string of the molecule is Cc1cc(C)nc(Sc2nc(Cl)ncc2[N+](=O)[O-])n1. The number of aryl methyl sites for hydroxylation is 2. The highest BCUT2D eigenvalue weighted by molar-refractivity contribution is 7.99. The van der Waals surface area contributed by atoms with E-state index >= 15 is 0 Å². The van der Waals surface area contributed by atoms with Crippen molar-refractivity contribution in [2.75, 3.05) is 0 Å². The summed E-state index contributed by atoms with van der Waals surface area (Å²) in [6, 6.07) is 1.81. The Balaban J connectivity index is 2.42. The number of nitrogens with zero attached hydrogens (tertiary/aromatic N) is 5. The van der Waals surface area contributed by atoms with E-state index in [1.165, 1.54) is 0 Å². The van der Waals surface area contributed by atoms with Gasteiger partial charge in [0.2, 0.25) is 5.28 Å². The molecule has 0 spiro atoms. The van der Waals surface area contributed by atoms with Crippen LogP contribution in [0, 0.1) is 24.0 Å². The standard InChI is InChI=1S/C10H8ClN5O2S/c1-5-3-6(2)14-10(13-5)19-8-7(16(17)18)4-12-9(11)15-8/h3-4H,1-2H3. The smallest absolute Gasteiger partial charge is 0.258 e. The van der Waals surface area contributed by atoms with Crippen molar-refractivity contribution in [3.8, 4) is 0 Å². The van der Waals surface area contributed by atoms with E-state index in [0.717, 1.165) is 29.3 Å². The fourth-order valence-electron chi connectivity index (χ4n) is 1.37. The van der Waals surface area contributed by atoms with Gasteiger partial charge < -0.3 is 0 Å². The van der Waals surface area contributed by atoms with Crippen molar-refractivity contribution in [2.45, 2.75) is 24.0 Å². The summed E-state index contributed by atoms with van der Waals surface area (Å²) in [5.74, 6) is 0. The van der Waals surface area contributed by atoms with Gasteiger partial charge in [-0.3, -0.25) is 10.1 Å². The zero-order chi connectivity index (χ0) is 14.0. The lowest BCUT2D eigenvalue weighted by Crippen LogP contribution is -1.98. The Hall–Kier alpha value is -1.80. The van der Waals surface area contributed by atoms with Crippen LogP contribution in [0.3, 0.4) is 0 Å². The molecule has 0 aromatic carbocycles. The molecule has 0 unspecified atom stereocenters. The lowest BCUT2D eigenvalue weighted by molar-refractivity contribution is -0.388.